The molecule has 4 nitrogen and oxygen atoms in total. The Morgan fingerprint density at radius 2 is 1.71 bits per heavy atom. The Bertz CT molecular complexity index is 857. The first kappa shape index (κ1) is 16.5. The smallest absolute Gasteiger partial charge is 0.0762 e. The summed E-state index contributed by atoms with van der Waals surface area (Å²) >= 11 is 1.58. The molecule has 7 N–H and O–H groups in total. The van der Waals surface area contributed by atoms with Crippen LogP contribution in [0.25, 0.3) is 11.1 Å². The molecule has 0 bridgehead atoms. The van der Waals surface area contributed by atoms with Crippen LogP contribution in [0.4, 0.5) is 11.4 Å². The van der Waals surface area contributed by atoms with Gasteiger partial charge in [-0.1, -0.05) is 24.3 Å². The molecule has 0 fully saturated rings. The van der Waals surface area contributed by atoms with E-state index >= 15 is 0 Å². The number of anilines is 2. The molecule has 0 saturated carbocycles. The van der Waals surface area contributed by atoms with Gasteiger partial charge < -0.3 is 22.3 Å². The first-order valence-corrected chi connectivity index (χ1v) is 8.66. The van der Waals surface area contributed by atoms with Crippen LogP contribution in [0.2, 0.25) is 0 Å². The molecule has 0 amide bonds. The van der Waals surface area contributed by atoms with Crippen molar-refractivity contribution in [2.75, 3.05) is 11.5 Å². The fraction of sp³-hybridized carbons (Fsp3) is 0.158. The minimum atomic E-state index is -0.524. The quantitative estimate of drug-likeness (QED) is 0.545. The zero-order valence-corrected chi connectivity index (χ0v) is 14.3. The van der Waals surface area contributed by atoms with Crippen LogP contribution in [0.3, 0.4) is 0 Å². The van der Waals surface area contributed by atoms with Gasteiger partial charge in [0.05, 0.1) is 12.1 Å². The van der Waals surface area contributed by atoms with Gasteiger partial charge in [0.2, 0.25) is 0 Å². The van der Waals surface area contributed by atoms with Crippen molar-refractivity contribution in [2.24, 2.45) is 5.73 Å². The van der Waals surface area contributed by atoms with Gasteiger partial charge in [0.15, 0.2) is 0 Å². The summed E-state index contributed by atoms with van der Waals surface area (Å²) in [4.78, 5) is 0. The first-order valence-electron chi connectivity index (χ1n) is 7.72. The number of thiophene rings is 1. The van der Waals surface area contributed by atoms with Crippen molar-refractivity contribution in [1.29, 1.82) is 0 Å². The Balaban J connectivity index is 2.04. The van der Waals surface area contributed by atoms with Crippen molar-refractivity contribution in [1.82, 2.24) is 0 Å². The van der Waals surface area contributed by atoms with E-state index in [4.69, 9.17) is 17.2 Å². The van der Waals surface area contributed by atoms with Gasteiger partial charge in [-0.2, -0.15) is 11.3 Å². The Hall–Kier alpha value is -2.34. The number of nitrogen functional groups attached to an aromatic ring is 2. The molecule has 2 unspecified atom stereocenters. The van der Waals surface area contributed by atoms with Crippen LogP contribution in [0, 0.1) is 0 Å². The van der Waals surface area contributed by atoms with Crippen LogP contribution in [-0.2, 0) is 0 Å². The molecule has 3 aromatic rings. The molecule has 0 radical (unpaired) electrons. The van der Waals surface area contributed by atoms with Gasteiger partial charge in [-0.25, -0.2) is 0 Å². The highest BCUT2D eigenvalue weighted by atomic mass is 32.1. The fourth-order valence-corrected chi connectivity index (χ4v) is 3.65. The number of hydrogen-bond acceptors (Lipinski definition) is 5. The summed E-state index contributed by atoms with van der Waals surface area (Å²) in [6.45, 7) is 1.74. The monoisotopic (exact) mass is 339 g/mol. The highest BCUT2D eigenvalue weighted by Gasteiger charge is 2.18. The SMILES string of the molecule is CC(O)c1cccc(C(N)c2cscc2-c2cc(N)ccc2N)c1. The lowest BCUT2D eigenvalue weighted by atomic mass is 9.93. The average Bonchev–Trinajstić information content (AvgIpc) is 3.05. The molecule has 2 atom stereocenters. The van der Waals surface area contributed by atoms with Crippen molar-refractivity contribution < 1.29 is 5.11 Å². The van der Waals surface area contributed by atoms with Crippen molar-refractivity contribution in [3.63, 3.8) is 0 Å². The Morgan fingerprint density at radius 1 is 0.958 bits per heavy atom. The summed E-state index contributed by atoms with van der Waals surface area (Å²) in [6.07, 6.45) is -0.524. The number of aliphatic hydroxyl groups excluding tert-OH is 1. The summed E-state index contributed by atoms with van der Waals surface area (Å²) in [5.74, 6) is 0. The molecule has 1 aromatic heterocycles. The van der Waals surface area contributed by atoms with Crippen LogP contribution in [-0.4, -0.2) is 5.11 Å². The molecule has 5 heteroatoms. The van der Waals surface area contributed by atoms with E-state index in [1.807, 2.05) is 47.2 Å². The Morgan fingerprint density at radius 3 is 2.46 bits per heavy atom. The molecule has 0 saturated heterocycles. The molecule has 1 heterocycles. The van der Waals surface area contributed by atoms with Crippen LogP contribution in [0.15, 0.2) is 53.2 Å². The second-order valence-electron chi connectivity index (χ2n) is 5.91. The maximum Gasteiger partial charge on any atom is 0.0762 e. The van der Waals surface area contributed by atoms with Gasteiger partial charge >= 0.3 is 0 Å². The third-order valence-corrected chi connectivity index (χ3v) is 4.91. The Labute approximate surface area is 145 Å². The third kappa shape index (κ3) is 3.14. The maximum atomic E-state index is 9.79. The van der Waals surface area contributed by atoms with E-state index in [-0.39, 0.29) is 6.04 Å². The van der Waals surface area contributed by atoms with Gasteiger partial charge in [0, 0.05) is 16.9 Å². The summed E-state index contributed by atoms with van der Waals surface area (Å²) in [5, 5.41) is 13.9. The highest BCUT2D eigenvalue weighted by molar-refractivity contribution is 7.08. The molecule has 0 spiro atoms. The predicted molar refractivity (Wildman–Crippen MR) is 102 cm³/mol. The molecule has 2 aromatic carbocycles. The van der Waals surface area contributed by atoms with E-state index in [9.17, 15) is 5.11 Å². The van der Waals surface area contributed by atoms with E-state index in [1.165, 1.54) is 0 Å². The largest absolute Gasteiger partial charge is 0.399 e. The topological polar surface area (TPSA) is 98.3 Å². The maximum absolute atomic E-state index is 9.79. The van der Waals surface area contributed by atoms with Crippen molar-refractivity contribution in [2.45, 2.75) is 19.1 Å². The lowest BCUT2D eigenvalue weighted by Gasteiger charge is -2.16. The number of rotatable bonds is 4. The number of aliphatic hydroxyl groups is 1. The predicted octanol–water partition coefficient (Wildman–Crippen LogP) is 3.68. The van der Waals surface area contributed by atoms with E-state index in [1.54, 1.807) is 24.3 Å². The van der Waals surface area contributed by atoms with Crippen molar-refractivity contribution >= 4 is 22.7 Å². The van der Waals surface area contributed by atoms with Crippen LogP contribution in [0.1, 0.15) is 35.8 Å². The van der Waals surface area contributed by atoms with E-state index in [0.29, 0.717) is 11.4 Å². The van der Waals surface area contributed by atoms with Crippen LogP contribution in [0.5, 0.6) is 0 Å². The summed E-state index contributed by atoms with van der Waals surface area (Å²) in [6, 6.07) is 12.9. The lowest BCUT2D eigenvalue weighted by Crippen LogP contribution is -2.12. The number of benzene rings is 2. The second kappa shape index (κ2) is 6.65. The normalized spacial score (nSPS) is 13.6. The fourth-order valence-electron chi connectivity index (χ4n) is 2.77. The summed E-state index contributed by atoms with van der Waals surface area (Å²) in [5.41, 5.74) is 24.6. The minimum Gasteiger partial charge on any atom is -0.399 e. The molecule has 0 aliphatic heterocycles. The van der Waals surface area contributed by atoms with Gasteiger partial charge in [0.25, 0.3) is 0 Å². The second-order valence-corrected chi connectivity index (χ2v) is 6.65. The van der Waals surface area contributed by atoms with Gasteiger partial charge in [-0.15, -0.1) is 0 Å². The highest BCUT2D eigenvalue weighted by Crippen LogP contribution is 2.37. The van der Waals surface area contributed by atoms with Gasteiger partial charge in [-0.3, -0.25) is 0 Å². The molecule has 0 aliphatic carbocycles. The molecule has 124 valence electrons. The minimum absolute atomic E-state index is 0.300. The van der Waals surface area contributed by atoms with Crippen LogP contribution < -0.4 is 17.2 Å². The molecule has 0 aliphatic rings. The first-order chi connectivity index (χ1) is 11.5. The van der Waals surface area contributed by atoms with Gasteiger partial charge in [-0.05, 0) is 58.1 Å². The Kier molecular flexibility index (Phi) is 4.57. The van der Waals surface area contributed by atoms with Crippen LogP contribution >= 0.6 is 11.3 Å². The van der Waals surface area contributed by atoms with Gasteiger partial charge in [0.1, 0.15) is 0 Å². The van der Waals surface area contributed by atoms with E-state index in [2.05, 4.69) is 0 Å². The molecular formula is C19H21N3OS. The zero-order chi connectivity index (χ0) is 17.3. The number of nitrogens with two attached hydrogens (primary N) is 3. The summed E-state index contributed by atoms with van der Waals surface area (Å²) in [7, 11) is 0. The molecular weight excluding hydrogens is 318 g/mol. The summed E-state index contributed by atoms with van der Waals surface area (Å²) < 4.78 is 0. The van der Waals surface area contributed by atoms with E-state index in [0.717, 1.165) is 27.8 Å². The van der Waals surface area contributed by atoms with Crippen molar-refractivity contribution in [3.05, 3.63) is 69.9 Å². The number of hydrogen-bond donors (Lipinski definition) is 4. The third-order valence-electron chi connectivity index (χ3n) is 4.15. The average molecular weight is 339 g/mol. The van der Waals surface area contributed by atoms with Crippen molar-refractivity contribution in [3.8, 4) is 11.1 Å². The lowest BCUT2D eigenvalue weighted by molar-refractivity contribution is 0.199. The van der Waals surface area contributed by atoms with E-state index < -0.39 is 6.10 Å². The standard InChI is InChI=1S/C19H21N3OS/c1-11(23)12-3-2-4-13(7-12)19(22)17-10-24-9-16(17)15-8-14(20)5-6-18(15)21/h2-11,19,23H,20-22H2,1H3. The zero-order valence-electron chi connectivity index (χ0n) is 13.4. The molecule has 3 rings (SSSR count). The molecule has 24 heavy (non-hydrogen) atoms.